The molecule has 0 aliphatic carbocycles. The topological polar surface area (TPSA) is 58.2 Å². The Kier molecular flexibility index (Phi) is 5.47. The number of halogens is 6. The van der Waals surface area contributed by atoms with E-state index in [2.05, 4.69) is 0 Å². The third-order valence-corrected chi connectivity index (χ3v) is 2.33. The van der Waals surface area contributed by atoms with Gasteiger partial charge in [-0.05, 0) is 23.8 Å². The Morgan fingerprint density at radius 3 is 2.38 bits per heavy atom. The van der Waals surface area contributed by atoms with Crippen LogP contribution in [0.1, 0.15) is 5.56 Å². The minimum Gasteiger partial charge on any atom is -0.344 e. The second-order valence-corrected chi connectivity index (χ2v) is 4.20. The van der Waals surface area contributed by atoms with Gasteiger partial charge in [-0.2, -0.15) is 13.2 Å². The third-order valence-electron chi connectivity index (χ3n) is 2.13. The van der Waals surface area contributed by atoms with E-state index in [0.29, 0.717) is 0 Å². The summed E-state index contributed by atoms with van der Waals surface area (Å²) in [4.78, 5) is 21.6. The Balaban J connectivity index is 2.78. The zero-order valence-electron chi connectivity index (χ0n) is 10.1. The molecule has 0 saturated carbocycles. The molecule has 1 aromatic rings. The molecule has 21 heavy (non-hydrogen) atoms. The smallest absolute Gasteiger partial charge is 0.344 e. The minimum atomic E-state index is -5.07. The monoisotopic (exact) mass is 330 g/mol. The molecule has 4 nitrogen and oxygen atoms in total. The van der Waals surface area contributed by atoms with Crippen molar-refractivity contribution in [1.82, 2.24) is 5.32 Å². The van der Waals surface area contributed by atoms with Crippen molar-refractivity contribution in [1.29, 1.82) is 0 Å². The molecule has 1 unspecified atom stereocenters. The molecule has 0 fully saturated rings. The Morgan fingerprint density at radius 1 is 1.24 bits per heavy atom. The van der Waals surface area contributed by atoms with Gasteiger partial charge < -0.3 is 10.6 Å². The Labute approximate surface area is 120 Å². The van der Waals surface area contributed by atoms with Crippen LogP contribution in [0, 0.1) is 5.82 Å². The van der Waals surface area contributed by atoms with Gasteiger partial charge >= 0.3 is 12.1 Å². The van der Waals surface area contributed by atoms with Gasteiger partial charge in [-0.25, -0.2) is 8.78 Å². The summed E-state index contributed by atoms with van der Waals surface area (Å²) < 4.78 is 61.6. The number of amides is 2. The van der Waals surface area contributed by atoms with Crippen LogP contribution in [0.5, 0.6) is 0 Å². The van der Waals surface area contributed by atoms with Crippen LogP contribution in [-0.4, -0.2) is 23.6 Å². The van der Waals surface area contributed by atoms with Gasteiger partial charge in [0, 0.05) is 12.2 Å². The maximum atomic E-state index is 13.2. The van der Waals surface area contributed by atoms with Crippen molar-refractivity contribution in [3.63, 3.8) is 0 Å². The van der Waals surface area contributed by atoms with E-state index >= 15 is 0 Å². The molecular weight excluding hydrogens is 323 g/mol. The number of benzene rings is 1. The van der Waals surface area contributed by atoms with Gasteiger partial charge in [0.2, 0.25) is 0 Å². The van der Waals surface area contributed by atoms with Gasteiger partial charge in [0.05, 0.1) is 0 Å². The Hall–Kier alpha value is -1.90. The predicted octanol–water partition coefficient (Wildman–Crippen LogP) is 2.48. The first-order valence-corrected chi connectivity index (χ1v) is 5.76. The highest BCUT2D eigenvalue weighted by Crippen LogP contribution is 2.17. The lowest BCUT2D eigenvalue weighted by Gasteiger charge is -2.10. The van der Waals surface area contributed by atoms with Gasteiger partial charge in [0.25, 0.3) is 11.5 Å². The van der Waals surface area contributed by atoms with Crippen molar-refractivity contribution >= 4 is 29.1 Å². The molecule has 2 amide bonds. The normalized spacial score (nSPS) is 12.7. The van der Waals surface area contributed by atoms with E-state index in [4.69, 9.17) is 11.6 Å². The van der Waals surface area contributed by atoms with Crippen LogP contribution in [0.25, 0.3) is 0 Å². The number of carbonyl (C=O) groups excluding carboxylic acids is 2. The molecule has 0 aliphatic heterocycles. The first kappa shape index (κ1) is 17.2. The molecule has 1 rings (SSSR count). The molecule has 2 N–H and O–H groups in total. The molecule has 0 aliphatic rings. The highest BCUT2D eigenvalue weighted by Gasteiger charge is 2.38. The molecule has 10 heteroatoms. The molecule has 0 spiro atoms. The minimum absolute atomic E-state index is 0.0621. The van der Waals surface area contributed by atoms with Gasteiger partial charge in [-0.3, -0.25) is 9.59 Å². The maximum Gasteiger partial charge on any atom is 0.471 e. The average Bonchev–Trinajstić information content (AvgIpc) is 2.33. The van der Waals surface area contributed by atoms with Crippen molar-refractivity contribution in [2.45, 2.75) is 18.4 Å². The third kappa shape index (κ3) is 5.54. The lowest BCUT2D eigenvalue weighted by molar-refractivity contribution is -0.173. The van der Waals surface area contributed by atoms with Gasteiger partial charge in [-0.1, -0.05) is 11.6 Å². The summed E-state index contributed by atoms with van der Waals surface area (Å²) in [6.45, 7) is -0.626. The van der Waals surface area contributed by atoms with E-state index in [1.54, 1.807) is 0 Å². The van der Waals surface area contributed by atoms with E-state index in [1.165, 1.54) is 5.32 Å². The fourth-order valence-corrected chi connectivity index (χ4v) is 1.36. The molecule has 0 bridgehead atoms. The second kappa shape index (κ2) is 6.70. The number of alkyl halides is 5. The lowest BCUT2D eigenvalue weighted by Crippen LogP contribution is -2.36. The summed E-state index contributed by atoms with van der Waals surface area (Å²) in [5.74, 6) is -4.34. The fourth-order valence-electron chi connectivity index (χ4n) is 1.30. The molecular formula is C11H8ClF5N2O2. The predicted molar refractivity (Wildman–Crippen MR) is 63.7 cm³/mol. The van der Waals surface area contributed by atoms with Crippen molar-refractivity contribution in [2.75, 3.05) is 5.32 Å². The quantitative estimate of drug-likeness (QED) is 0.658. The van der Waals surface area contributed by atoms with Crippen LogP contribution in [0.4, 0.5) is 27.6 Å². The van der Waals surface area contributed by atoms with Crippen molar-refractivity contribution in [2.24, 2.45) is 0 Å². The summed E-state index contributed by atoms with van der Waals surface area (Å²) in [7, 11) is 0. The number of carbonyl (C=O) groups is 2. The number of hydrogen-bond acceptors (Lipinski definition) is 2. The van der Waals surface area contributed by atoms with Crippen molar-refractivity contribution in [3.8, 4) is 0 Å². The number of rotatable bonds is 4. The largest absolute Gasteiger partial charge is 0.471 e. The summed E-state index contributed by atoms with van der Waals surface area (Å²) in [5.41, 5.74) is -2.63. The summed E-state index contributed by atoms with van der Waals surface area (Å²) in [5, 5.41) is 3.45. The molecule has 1 aromatic carbocycles. The SMILES string of the molecule is O=C(Nc1cc(F)cc(CNC(=O)C(F)(F)F)c1)C(F)Cl. The zero-order chi connectivity index (χ0) is 16.2. The van der Waals surface area contributed by atoms with E-state index < -0.39 is 36.0 Å². The molecule has 0 radical (unpaired) electrons. The molecule has 0 aromatic heterocycles. The molecule has 1 atom stereocenters. The van der Waals surface area contributed by atoms with Gasteiger partial charge in [0.15, 0.2) is 0 Å². The average molecular weight is 331 g/mol. The first-order chi connectivity index (χ1) is 9.59. The molecule has 0 saturated heterocycles. The van der Waals surface area contributed by atoms with Gasteiger partial charge in [-0.15, -0.1) is 0 Å². The molecule has 0 heterocycles. The van der Waals surface area contributed by atoms with Crippen LogP contribution >= 0.6 is 11.6 Å². The highest BCUT2D eigenvalue weighted by atomic mass is 35.5. The van der Waals surface area contributed by atoms with Crippen molar-refractivity contribution in [3.05, 3.63) is 29.6 Å². The van der Waals surface area contributed by atoms with Gasteiger partial charge in [0.1, 0.15) is 5.82 Å². The highest BCUT2D eigenvalue weighted by molar-refractivity contribution is 6.31. The summed E-state index contributed by atoms with van der Waals surface area (Å²) in [6, 6.07) is 2.73. The zero-order valence-corrected chi connectivity index (χ0v) is 10.9. The van der Waals surface area contributed by atoms with Crippen LogP contribution in [0.2, 0.25) is 0 Å². The summed E-state index contributed by atoms with van der Waals surface area (Å²) in [6.07, 6.45) is -5.07. The Morgan fingerprint density at radius 2 is 1.86 bits per heavy atom. The van der Waals surface area contributed by atoms with Crippen molar-refractivity contribution < 1.29 is 31.5 Å². The van der Waals surface area contributed by atoms with E-state index in [0.717, 1.165) is 18.2 Å². The van der Waals surface area contributed by atoms with E-state index in [-0.39, 0.29) is 11.3 Å². The first-order valence-electron chi connectivity index (χ1n) is 5.33. The summed E-state index contributed by atoms with van der Waals surface area (Å²) >= 11 is 4.86. The van der Waals surface area contributed by atoms with Crippen LogP contribution in [0.3, 0.4) is 0 Å². The lowest BCUT2D eigenvalue weighted by atomic mass is 10.2. The second-order valence-electron chi connectivity index (χ2n) is 3.82. The van der Waals surface area contributed by atoms with Crippen LogP contribution < -0.4 is 10.6 Å². The molecule has 116 valence electrons. The van der Waals surface area contributed by atoms with Crippen LogP contribution in [-0.2, 0) is 16.1 Å². The Bertz CT molecular complexity index is 548. The number of hydrogen-bond donors (Lipinski definition) is 2. The fraction of sp³-hybridized carbons (Fsp3) is 0.273. The van der Waals surface area contributed by atoms with E-state index in [1.807, 2.05) is 5.32 Å². The van der Waals surface area contributed by atoms with E-state index in [9.17, 15) is 31.5 Å². The number of anilines is 1. The number of nitrogens with one attached hydrogen (secondary N) is 2. The van der Waals surface area contributed by atoms with Crippen LogP contribution in [0.15, 0.2) is 18.2 Å². The standard InChI is InChI=1S/C11H8ClF5N2O2/c12-8(14)9(20)19-7-2-5(1-6(13)3-7)4-18-10(21)11(15,16)17/h1-3,8H,4H2,(H,18,21)(H,19,20). The maximum absolute atomic E-state index is 13.2.